The lowest BCUT2D eigenvalue weighted by molar-refractivity contribution is 0.590. The fraction of sp³-hybridized carbons (Fsp3) is 0.0642. The maximum absolute atomic E-state index is 2.74. The number of rotatable bonds is 13. The van der Waals surface area contributed by atoms with Gasteiger partial charge in [0.2, 0.25) is 0 Å². The topological polar surface area (TPSA) is 16.3 Å². The molecule has 19 aromatic rings. The Labute approximate surface area is 667 Å². The molecule has 4 nitrogen and oxygen atoms in total. The zero-order chi connectivity index (χ0) is 76.3. The minimum Gasteiger partial charge on any atom is -0.310 e. The predicted molar refractivity (Wildman–Crippen MR) is 485 cm³/mol. The molecule has 0 fully saturated rings. The Morgan fingerprint density at radius 3 is 0.939 bits per heavy atom. The molecular formula is C109H81BN4. The predicted octanol–water partition coefficient (Wildman–Crippen LogP) is 27.7. The van der Waals surface area contributed by atoms with E-state index in [2.05, 4.69) is 448 Å². The molecule has 0 unspecified atom stereocenters. The average molecular weight is 1460 g/mol. The summed E-state index contributed by atoms with van der Waals surface area (Å²) in [7, 11) is 0. The molecule has 21 rings (SSSR count). The van der Waals surface area contributed by atoms with Gasteiger partial charge in [-0.05, 0) is 203 Å². The fourth-order valence-electron chi connectivity index (χ4n) is 18.5. The van der Waals surface area contributed by atoms with E-state index in [9.17, 15) is 0 Å². The molecule has 540 valence electrons. The summed E-state index contributed by atoms with van der Waals surface area (Å²) >= 11 is 0. The second-order valence-corrected chi connectivity index (χ2v) is 32.1. The molecule has 0 bridgehead atoms. The molecule has 4 heterocycles. The van der Waals surface area contributed by atoms with Crippen molar-refractivity contribution >= 4 is 101 Å². The van der Waals surface area contributed by atoms with Crippen molar-refractivity contribution < 1.29 is 0 Å². The lowest BCUT2D eigenvalue weighted by Gasteiger charge is -2.46. The normalized spacial score (nSPS) is 12.5. The van der Waals surface area contributed by atoms with Crippen LogP contribution >= 0.6 is 0 Å². The smallest absolute Gasteiger partial charge is 0.252 e. The number of hydrogen-bond donors (Lipinski definition) is 0. The average Bonchev–Trinajstić information content (AvgIpc) is 0.835. The number of para-hydroxylation sites is 5. The minimum absolute atomic E-state index is 0.194. The molecule has 0 saturated heterocycles. The summed E-state index contributed by atoms with van der Waals surface area (Å²) in [4.78, 5) is 5.47. The molecule has 0 N–H and O–H groups in total. The van der Waals surface area contributed by atoms with Gasteiger partial charge in [-0.3, -0.25) is 0 Å². The highest BCUT2D eigenvalue weighted by Crippen LogP contribution is 2.56. The summed E-state index contributed by atoms with van der Waals surface area (Å²) in [5.74, 6) is 0.194. The Morgan fingerprint density at radius 1 is 0.246 bits per heavy atom. The van der Waals surface area contributed by atoms with E-state index in [1.54, 1.807) is 0 Å². The quantitative estimate of drug-likeness (QED) is 0.107. The van der Waals surface area contributed by atoms with E-state index in [1.807, 2.05) is 0 Å². The molecule has 5 heteroatoms. The number of benzene rings is 17. The second-order valence-electron chi connectivity index (χ2n) is 32.1. The largest absolute Gasteiger partial charge is 0.310 e. The number of anilines is 6. The summed E-state index contributed by atoms with van der Waals surface area (Å²) in [6.45, 7) is 11.6. The summed E-state index contributed by atoms with van der Waals surface area (Å²) < 4.78 is 5.01. The number of fused-ring (bicyclic) bond motifs is 10. The van der Waals surface area contributed by atoms with Crippen molar-refractivity contribution in [3.05, 3.63) is 405 Å². The maximum atomic E-state index is 2.74. The van der Waals surface area contributed by atoms with Gasteiger partial charge in [-0.2, -0.15) is 0 Å². The number of aromatic nitrogens is 2. The van der Waals surface area contributed by atoms with E-state index in [1.165, 1.54) is 71.3 Å². The summed E-state index contributed by atoms with van der Waals surface area (Å²) in [5.41, 5.74) is 37.8. The molecule has 2 aromatic heterocycles. The van der Waals surface area contributed by atoms with Gasteiger partial charge >= 0.3 is 0 Å². The Kier molecular flexibility index (Phi) is 16.4. The van der Waals surface area contributed by atoms with Crippen LogP contribution < -0.4 is 26.2 Å². The van der Waals surface area contributed by atoms with Crippen LogP contribution in [0.3, 0.4) is 0 Å². The first-order chi connectivity index (χ1) is 56.0. The minimum atomic E-state index is -0.367. The van der Waals surface area contributed by atoms with Crippen molar-refractivity contribution in [2.24, 2.45) is 0 Å². The summed E-state index contributed by atoms with van der Waals surface area (Å²) in [6, 6.07) is 149. The van der Waals surface area contributed by atoms with E-state index in [-0.39, 0.29) is 18.0 Å². The lowest BCUT2D eigenvalue weighted by atomic mass is 9.33. The van der Waals surface area contributed by atoms with Gasteiger partial charge in [-0.15, -0.1) is 0 Å². The molecule has 0 saturated carbocycles. The maximum Gasteiger partial charge on any atom is 0.252 e. The Morgan fingerprint density at radius 2 is 0.544 bits per heavy atom. The van der Waals surface area contributed by atoms with Crippen LogP contribution in [0.15, 0.2) is 394 Å². The van der Waals surface area contributed by atoms with Crippen LogP contribution in [-0.2, 0) is 5.41 Å². The standard InChI is InChI=1S/C109H81BN4/c1-71(2)84-65-94(75-37-16-9-17-38-75)108(95(66-84)83-46-29-44-81(64-83)79-42-27-40-77(62-79)73-33-12-7-13-34-73)114-103-70-87(112-100-55-24-20-49-92(100)93-50-21-25-56-101(93)112)58-60-97(103)110-96-59-57-86(111-98-53-22-18-47-90(98)91-48-19-23-54-99(91)111)69-102(96)113(104-67-85(109(3,4)5)68-105(114)106(104)110)107-88(74-35-14-8-15-36-74)51-30-52-89(107)82-45-28-43-80(63-82)78-41-26-39-76(61-78)72-31-10-6-11-32-72/h6-71H,1-5H3. The van der Waals surface area contributed by atoms with E-state index >= 15 is 0 Å². The van der Waals surface area contributed by atoms with Crippen LogP contribution in [0, 0.1) is 0 Å². The van der Waals surface area contributed by atoms with Gasteiger partial charge in [0.15, 0.2) is 0 Å². The van der Waals surface area contributed by atoms with Crippen molar-refractivity contribution in [2.45, 2.75) is 46.0 Å². The van der Waals surface area contributed by atoms with Crippen LogP contribution in [-0.4, -0.2) is 15.8 Å². The first-order valence-corrected chi connectivity index (χ1v) is 40.0. The van der Waals surface area contributed by atoms with Crippen LogP contribution in [0.4, 0.5) is 34.1 Å². The Bertz CT molecular complexity index is 6900. The number of hydrogen-bond acceptors (Lipinski definition) is 2. The van der Waals surface area contributed by atoms with Crippen LogP contribution in [0.2, 0.25) is 0 Å². The molecule has 17 aromatic carbocycles. The van der Waals surface area contributed by atoms with Crippen LogP contribution in [0.1, 0.15) is 51.7 Å². The molecule has 0 radical (unpaired) electrons. The molecule has 114 heavy (non-hydrogen) atoms. The molecule has 0 atom stereocenters. The van der Waals surface area contributed by atoms with Crippen molar-refractivity contribution in [1.82, 2.24) is 9.13 Å². The van der Waals surface area contributed by atoms with Gasteiger partial charge < -0.3 is 18.9 Å². The van der Waals surface area contributed by atoms with Gasteiger partial charge in [0, 0.05) is 77.9 Å². The third kappa shape index (κ3) is 11.4. The summed E-state index contributed by atoms with van der Waals surface area (Å²) in [6.07, 6.45) is 0. The third-order valence-electron chi connectivity index (χ3n) is 24.0. The van der Waals surface area contributed by atoms with Crippen molar-refractivity contribution in [1.29, 1.82) is 0 Å². The molecule has 0 spiro atoms. The van der Waals surface area contributed by atoms with E-state index in [0.29, 0.717) is 0 Å². The highest BCUT2D eigenvalue weighted by atomic mass is 15.2. The zero-order valence-corrected chi connectivity index (χ0v) is 64.5. The van der Waals surface area contributed by atoms with Crippen LogP contribution in [0.5, 0.6) is 0 Å². The van der Waals surface area contributed by atoms with E-state index < -0.39 is 0 Å². The van der Waals surface area contributed by atoms with Crippen molar-refractivity contribution in [2.75, 3.05) is 9.80 Å². The Balaban J connectivity index is 0.899. The number of nitrogens with zero attached hydrogens (tertiary/aromatic N) is 4. The monoisotopic (exact) mass is 1460 g/mol. The third-order valence-corrected chi connectivity index (χ3v) is 24.0. The van der Waals surface area contributed by atoms with Crippen molar-refractivity contribution in [3.63, 3.8) is 0 Å². The highest BCUT2D eigenvalue weighted by molar-refractivity contribution is 7.00. The second kappa shape index (κ2) is 27.5. The Hall–Kier alpha value is -14.0. The van der Waals surface area contributed by atoms with Gasteiger partial charge in [0.1, 0.15) is 0 Å². The van der Waals surface area contributed by atoms with Gasteiger partial charge in [-0.25, -0.2) is 0 Å². The van der Waals surface area contributed by atoms with Crippen molar-refractivity contribution in [3.8, 4) is 100 Å². The van der Waals surface area contributed by atoms with Gasteiger partial charge in [0.25, 0.3) is 6.71 Å². The first kappa shape index (κ1) is 68.1. The summed E-state index contributed by atoms with van der Waals surface area (Å²) in [5, 5.41) is 4.88. The fourth-order valence-corrected chi connectivity index (χ4v) is 18.5. The first-order valence-electron chi connectivity index (χ1n) is 40.0. The van der Waals surface area contributed by atoms with Crippen LogP contribution in [0.25, 0.3) is 144 Å². The van der Waals surface area contributed by atoms with E-state index in [4.69, 9.17) is 0 Å². The molecular weight excluding hydrogens is 1380 g/mol. The molecule has 2 aliphatic heterocycles. The SMILES string of the molecule is CC(C)c1cc(-c2ccccc2)c(N2c3cc(-n4c5ccccc5c5ccccc54)ccc3B3c4ccc(-n5c6ccccc6c6ccccc65)cc4N(c4c(-c5ccccc5)cccc4-c4cccc(-c5cccc(-c6ccccc6)c5)c4)c4cc(C(C)(C)C)cc2c43)c(-c2cccc(-c3cccc(-c4ccccc4)c3)c2)c1. The highest BCUT2D eigenvalue weighted by Gasteiger charge is 2.46. The van der Waals surface area contributed by atoms with Gasteiger partial charge in [-0.1, -0.05) is 332 Å². The molecule has 0 amide bonds. The molecule has 0 aliphatic carbocycles. The van der Waals surface area contributed by atoms with E-state index in [0.717, 1.165) is 134 Å². The lowest BCUT2D eigenvalue weighted by Crippen LogP contribution is -2.61. The van der Waals surface area contributed by atoms with Gasteiger partial charge in [0.05, 0.1) is 33.4 Å². The zero-order valence-electron chi connectivity index (χ0n) is 64.5. The molecule has 2 aliphatic rings.